The fourth-order valence-corrected chi connectivity index (χ4v) is 3.95. The molecule has 0 radical (unpaired) electrons. The van der Waals surface area contributed by atoms with Crippen LogP contribution in [0.15, 0.2) is 24.3 Å². The third-order valence-corrected chi connectivity index (χ3v) is 5.18. The number of carbonyl (C=O) groups excluding carboxylic acids is 1. The number of hydrogen-bond donors (Lipinski definition) is 0. The van der Waals surface area contributed by atoms with Crippen LogP contribution in [0.5, 0.6) is 0 Å². The van der Waals surface area contributed by atoms with Crippen molar-refractivity contribution < 1.29 is 4.79 Å². The summed E-state index contributed by atoms with van der Waals surface area (Å²) in [6, 6.07) is 9.61. The van der Waals surface area contributed by atoms with Crippen LogP contribution in [0.4, 0.5) is 0 Å². The topological polar surface area (TPSA) is 23.6 Å². The number of aryl methyl sites for hydroxylation is 1. The lowest BCUT2D eigenvalue weighted by Gasteiger charge is -2.35. The van der Waals surface area contributed by atoms with Gasteiger partial charge in [0, 0.05) is 38.6 Å². The van der Waals surface area contributed by atoms with E-state index in [0.717, 1.165) is 26.2 Å². The minimum absolute atomic E-state index is 0.308. The van der Waals surface area contributed by atoms with Crippen LogP contribution in [0.1, 0.15) is 49.8 Å². The highest BCUT2D eigenvalue weighted by atomic mass is 16.1. The van der Waals surface area contributed by atoms with Crippen LogP contribution in [0.2, 0.25) is 0 Å². The first-order chi connectivity index (χ1) is 10.7. The van der Waals surface area contributed by atoms with Crippen molar-refractivity contribution in [2.75, 3.05) is 32.7 Å². The van der Waals surface area contributed by atoms with Gasteiger partial charge < -0.3 is 4.90 Å². The molecule has 1 saturated heterocycles. The predicted octanol–water partition coefficient (Wildman–Crippen LogP) is 3.05. The standard InChI is InChI=1S/C19H28N2O/c1-16(22)10-13-20-11-5-12-21(15-14-20)19-9-4-7-17-6-2-3-8-18(17)19/h2-3,6,8,19H,4-5,7,9-15H2,1H3. The van der Waals surface area contributed by atoms with Crippen molar-refractivity contribution in [1.82, 2.24) is 9.80 Å². The van der Waals surface area contributed by atoms with Gasteiger partial charge in [-0.25, -0.2) is 0 Å². The SMILES string of the molecule is CC(=O)CCN1CCCN(C2CCCc3ccccc32)CC1. The quantitative estimate of drug-likeness (QED) is 0.854. The van der Waals surface area contributed by atoms with Gasteiger partial charge in [-0.3, -0.25) is 9.69 Å². The molecule has 1 aliphatic carbocycles. The summed E-state index contributed by atoms with van der Waals surface area (Å²) in [5, 5.41) is 0. The van der Waals surface area contributed by atoms with Crippen LogP contribution in [-0.4, -0.2) is 48.3 Å². The predicted molar refractivity (Wildman–Crippen MR) is 90.0 cm³/mol. The zero-order chi connectivity index (χ0) is 15.4. The Morgan fingerprint density at radius 1 is 1.14 bits per heavy atom. The van der Waals surface area contributed by atoms with Gasteiger partial charge in [0.15, 0.2) is 0 Å². The average Bonchev–Trinajstić information content (AvgIpc) is 2.78. The lowest BCUT2D eigenvalue weighted by Crippen LogP contribution is -2.35. The Kier molecular flexibility index (Phi) is 5.27. The molecule has 0 amide bonds. The smallest absolute Gasteiger partial charge is 0.131 e. The Morgan fingerprint density at radius 3 is 2.86 bits per heavy atom. The molecule has 1 aromatic carbocycles. The first kappa shape index (κ1) is 15.7. The van der Waals surface area contributed by atoms with Gasteiger partial charge in [0.1, 0.15) is 5.78 Å². The Balaban J connectivity index is 1.63. The molecule has 3 rings (SSSR count). The summed E-state index contributed by atoms with van der Waals surface area (Å²) in [6.45, 7) is 7.20. The summed E-state index contributed by atoms with van der Waals surface area (Å²) in [6.07, 6.45) is 5.77. The van der Waals surface area contributed by atoms with Crippen molar-refractivity contribution in [2.24, 2.45) is 0 Å². The molecule has 22 heavy (non-hydrogen) atoms. The molecular weight excluding hydrogens is 272 g/mol. The molecule has 1 heterocycles. The lowest BCUT2D eigenvalue weighted by atomic mass is 9.87. The molecule has 1 fully saturated rings. The second-order valence-electron chi connectivity index (χ2n) is 6.79. The van der Waals surface area contributed by atoms with Gasteiger partial charge in [-0.1, -0.05) is 24.3 Å². The van der Waals surface area contributed by atoms with Gasteiger partial charge in [-0.05, 0) is 50.3 Å². The van der Waals surface area contributed by atoms with E-state index in [0.29, 0.717) is 18.2 Å². The number of nitrogens with zero attached hydrogens (tertiary/aromatic N) is 2. The number of Topliss-reactive ketones (excluding diaryl/α,β-unsaturated/α-hetero) is 1. The average molecular weight is 300 g/mol. The van der Waals surface area contributed by atoms with E-state index in [1.54, 1.807) is 18.1 Å². The molecule has 0 aromatic heterocycles. The summed E-state index contributed by atoms with van der Waals surface area (Å²) < 4.78 is 0. The van der Waals surface area contributed by atoms with Gasteiger partial charge in [0.05, 0.1) is 0 Å². The number of fused-ring (bicyclic) bond motifs is 1. The largest absolute Gasteiger partial charge is 0.302 e. The second kappa shape index (κ2) is 7.38. The first-order valence-electron chi connectivity index (χ1n) is 8.77. The number of carbonyl (C=O) groups is 1. The Labute approximate surface area is 134 Å². The number of benzene rings is 1. The van der Waals surface area contributed by atoms with E-state index in [1.165, 1.54) is 32.2 Å². The second-order valence-corrected chi connectivity index (χ2v) is 6.79. The molecule has 1 aromatic rings. The van der Waals surface area contributed by atoms with Gasteiger partial charge in [0.2, 0.25) is 0 Å². The fourth-order valence-electron chi connectivity index (χ4n) is 3.95. The highest BCUT2D eigenvalue weighted by molar-refractivity contribution is 5.75. The normalized spacial score (nSPS) is 23.8. The minimum atomic E-state index is 0.308. The van der Waals surface area contributed by atoms with Gasteiger partial charge >= 0.3 is 0 Å². The molecule has 0 spiro atoms. The Hall–Kier alpha value is -1.19. The van der Waals surface area contributed by atoms with Crippen molar-refractivity contribution in [2.45, 2.75) is 45.1 Å². The maximum Gasteiger partial charge on any atom is 0.131 e. The van der Waals surface area contributed by atoms with E-state index in [9.17, 15) is 4.79 Å². The molecule has 1 aliphatic heterocycles. The van der Waals surface area contributed by atoms with Crippen LogP contribution in [0.3, 0.4) is 0 Å². The fraction of sp³-hybridized carbons (Fsp3) is 0.632. The lowest BCUT2D eigenvalue weighted by molar-refractivity contribution is -0.117. The van der Waals surface area contributed by atoms with E-state index in [2.05, 4.69) is 34.1 Å². The van der Waals surface area contributed by atoms with Crippen LogP contribution in [-0.2, 0) is 11.2 Å². The van der Waals surface area contributed by atoms with E-state index in [-0.39, 0.29) is 0 Å². The van der Waals surface area contributed by atoms with Crippen molar-refractivity contribution >= 4 is 5.78 Å². The third kappa shape index (κ3) is 3.76. The highest BCUT2D eigenvalue weighted by Gasteiger charge is 2.27. The summed E-state index contributed by atoms with van der Waals surface area (Å²) in [4.78, 5) is 16.3. The highest BCUT2D eigenvalue weighted by Crippen LogP contribution is 2.34. The summed E-state index contributed by atoms with van der Waals surface area (Å²) >= 11 is 0. The van der Waals surface area contributed by atoms with E-state index in [1.807, 2.05) is 0 Å². The van der Waals surface area contributed by atoms with Crippen LogP contribution in [0, 0.1) is 0 Å². The molecule has 3 heteroatoms. The van der Waals surface area contributed by atoms with Gasteiger partial charge in [0.25, 0.3) is 0 Å². The Bertz CT molecular complexity index is 514. The van der Waals surface area contributed by atoms with Crippen molar-refractivity contribution in [1.29, 1.82) is 0 Å². The van der Waals surface area contributed by atoms with Gasteiger partial charge in [-0.2, -0.15) is 0 Å². The van der Waals surface area contributed by atoms with E-state index >= 15 is 0 Å². The zero-order valence-electron chi connectivity index (χ0n) is 13.8. The molecule has 1 atom stereocenters. The monoisotopic (exact) mass is 300 g/mol. The molecule has 1 unspecified atom stereocenters. The molecule has 2 aliphatic rings. The summed E-state index contributed by atoms with van der Waals surface area (Å²) in [5.41, 5.74) is 3.11. The number of rotatable bonds is 4. The van der Waals surface area contributed by atoms with Crippen molar-refractivity contribution in [3.8, 4) is 0 Å². The molecule has 3 nitrogen and oxygen atoms in total. The van der Waals surface area contributed by atoms with Crippen molar-refractivity contribution in [3.63, 3.8) is 0 Å². The molecule has 120 valence electrons. The molecule has 0 N–H and O–H groups in total. The minimum Gasteiger partial charge on any atom is -0.302 e. The van der Waals surface area contributed by atoms with E-state index < -0.39 is 0 Å². The summed E-state index contributed by atoms with van der Waals surface area (Å²) in [7, 11) is 0. The molecule has 0 bridgehead atoms. The van der Waals surface area contributed by atoms with Crippen molar-refractivity contribution in [3.05, 3.63) is 35.4 Å². The van der Waals surface area contributed by atoms with Crippen LogP contribution < -0.4 is 0 Å². The Morgan fingerprint density at radius 2 is 2.00 bits per heavy atom. The van der Waals surface area contributed by atoms with Crippen LogP contribution >= 0.6 is 0 Å². The van der Waals surface area contributed by atoms with Gasteiger partial charge in [-0.15, -0.1) is 0 Å². The summed E-state index contributed by atoms with van der Waals surface area (Å²) in [5.74, 6) is 0.308. The third-order valence-electron chi connectivity index (χ3n) is 5.18. The molecule has 0 saturated carbocycles. The van der Waals surface area contributed by atoms with Crippen LogP contribution in [0.25, 0.3) is 0 Å². The maximum atomic E-state index is 11.2. The van der Waals surface area contributed by atoms with E-state index in [4.69, 9.17) is 0 Å². The number of ketones is 1. The maximum absolute atomic E-state index is 11.2. The molecular formula is C19H28N2O. The number of hydrogen-bond acceptors (Lipinski definition) is 3. The first-order valence-corrected chi connectivity index (χ1v) is 8.77. The zero-order valence-corrected chi connectivity index (χ0v) is 13.8.